The van der Waals surface area contributed by atoms with Gasteiger partial charge in [0.15, 0.2) is 0 Å². The highest BCUT2D eigenvalue weighted by atomic mass is 35.5. The van der Waals surface area contributed by atoms with Crippen LogP contribution in [0.3, 0.4) is 0 Å². The fourth-order valence-electron chi connectivity index (χ4n) is 1.99. The molecule has 0 unspecified atom stereocenters. The largest absolute Gasteiger partial charge is 0.490 e. The molecule has 0 aromatic heterocycles. The summed E-state index contributed by atoms with van der Waals surface area (Å²) in [6, 6.07) is 10.8. The molecular weight excluding hydrogens is 288 g/mol. The van der Waals surface area contributed by atoms with E-state index in [1.54, 1.807) is 18.2 Å². The van der Waals surface area contributed by atoms with E-state index in [0.717, 1.165) is 28.2 Å². The van der Waals surface area contributed by atoms with Gasteiger partial charge in [-0.1, -0.05) is 23.7 Å². The molecule has 2 aromatic rings. The predicted molar refractivity (Wildman–Crippen MR) is 83.7 cm³/mol. The Morgan fingerprint density at radius 3 is 2.24 bits per heavy atom. The Bertz CT molecular complexity index is 615. The zero-order chi connectivity index (χ0) is 15.2. The molecule has 0 saturated heterocycles. The van der Waals surface area contributed by atoms with Crippen molar-refractivity contribution in [2.75, 3.05) is 13.2 Å². The van der Waals surface area contributed by atoms with Crippen LogP contribution >= 0.6 is 11.6 Å². The first-order chi connectivity index (χ1) is 10.1. The summed E-state index contributed by atoms with van der Waals surface area (Å²) in [6.07, 6.45) is 0.794. The van der Waals surface area contributed by atoms with E-state index < -0.39 is 0 Å². The van der Waals surface area contributed by atoms with Crippen LogP contribution in [-0.2, 0) is 0 Å². The molecule has 0 fully saturated rings. The van der Waals surface area contributed by atoms with Crippen LogP contribution in [0.1, 0.15) is 21.5 Å². The number of hydrogen-bond acceptors (Lipinski definition) is 3. The summed E-state index contributed by atoms with van der Waals surface area (Å²) in [6.45, 7) is 4.72. The lowest BCUT2D eigenvalue weighted by Crippen LogP contribution is -2.09. The van der Waals surface area contributed by atoms with Gasteiger partial charge in [-0.3, -0.25) is 4.79 Å². The van der Waals surface area contributed by atoms with Crippen molar-refractivity contribution in [3.05, 3.63) is 58.1 Å². The SMILES string of the molecule is Cc1cc(OCCOc2cccc(C=O)c2)cc(C)c1Cl. The van der Waals surface area contributed by atoms with Gasteiger partial charge < -0.3 is 9.47 Å². The van der Waals surface area contributed by atoms with E-state index in [1.807, 2.05) is 32.0 Å². The van der Waals surface area contributed by atoms with Crippen LogP contribution in [0.25, 0.3) is 0 Å². The lowest BCUT2D eigenvalue weighted by molar-refractivity contribution is 0.112. The first-order valence-electron chi connectivity index (χ1n) is 6.68. The van der Waals surface area contributed by atoms with E-state index in [0.29, 0.717) is 24.5 Å². The number of ether oxygens (including phenoxy) is 2. The first-order valence-corrected chi connectivity index (χ1v) is 7.05. The zero-order valence-electron chi connectivity index (χ0n) is 12.1. The average molecular weight is 305 g/mol. The molecule has 0 aliphatic heterocycles. The van der Waals surface area contributed by atoms with E-state index in [2.05, 4.69) is 0 Å². The van der Waals surface area contributed by atoms with E-state index in [4.69, 9.17) is 21.1 Å². The molecule has 110 valence electrons. The third kappa shape index (κ3) is 4.23. The Hall–Kier alpha value is -2.00. The van der Waals surface area contributed by atoms with Crippen molar-refractivity contribution in [1.82, 2.24) is 0 Å². The van der Waals surface area contributed by atoms with E-state index in [-0.39, 0.29) is 0 Å². The fraction of sp³-hybridized carbons (Fsp3) is 0.235. The number of halogens is 1. The molecular formula is C17H17ClO3. The molecule has 0 atom stereocenters. The van der Waals surface area contributed by atoms with Gasteiger partial charge in [-0.15, -0.1) is 0 Å². The van der Waals surface area contributed by atoms with Crippen molar-refractivity contribution < 1.29 is 14.3 Å². The summed E-state index contributed by atoms with van der Waals surface area (Å²) >= 11 is 6.11. The van der Waals surface area contributed by atoms with Crippen LogP contribution < -0.4 is 9.47 Å². The highest BCUT2D eigenvalue weighted by Crippen LogP contribution is 2.25. The van der Waals surface area contributed by atoms with Crippen molar-refractivity contribution in [3.63, 3.8) is 0 Å². The van der Waals surface area contributed by atoms with Gasteiger partial charge >= 0.3 is 0 Å². The first kappa shape index (κ1) is 15.4. The summed E-state index contributed by atoms with van der Waals surface area (Å²) in [5.41, 5.74) is 2.58. The Labute approximate surface area is 129 Å². The van der Waals surface area contributed by atoms with E-state index in [9.17, 15) is 4.79 Å². The molecule has 2 aromatic carbocycles. The van der Waals surface area contributed by atoms with Crippen LogP contribution in [0.5, 0.6) is 11.5 Å². The molecule has 0 aliphatic rings. The summed E-state index contributed by atoms with van der Waals surface area (Å²) < 4.78 is 11.2. The summed E-state index contributed by atoms with van der Waals surface area (Å²) in [5.74, 6) is 1.44. The molecule has 0 N–H and O–H groups in total. The maximum Gasteiger partial charge on any atom is 0.150 e. The maximum absolute atomic E-state index is 10.7. The van der Waals surface area contributed by atoms with Gasteiger partial charge in [0, 0.05) is 10.6 Å². The van der Waals surface area contributed by atoms with Crippen LogP contribution in [0.4, 0.5) is 0 Å². The monoisotopic (exact) mass is 304 g/mol. The summed E-state index contributed by atoms with van der Waals surface area (Å²) in [4.78, 5) is 10.7. The van der Waals surface area contributed by atoms with Crippen LogP contribution in [0, 0.1) is 13.8 Å². The van der Waals surface area contributed by atoms with Gasteiger partial charge in [-0.25, -0.2) is 0 Å². The zero-order valence-corrected chi connectivity index (χ0v) is 12.8. The lowest BCUT2D eigenvalue weighted by atomic mass is 10.1. The Morgan fingerprint density at radius 1 is 1.00 bits per heavy atom. The minimum Gasteiger partial charge on any atom is -0.490 e. The molecule has 0 saturated carbocycles. The maximum atomic E-state index is 10.7. The van der Waals surface area contributed by atoms with Crippen molar-refractivity contribution in [2.45, 2.75) is 13.8 Å². The highest BCUT2D eigenvalue weighted by Gasteiger charge is 2.03. The molecule has 0 amide bonds. The number of rotatable bonds is 6. The third-order valence-corrected chi connectivity index (χ3v) is 3.62. The lowest BCUT2D eigenvalue weighted by Gasteiger charge is -2.11. The minimum absolute atomic E-state index is 0.406. The van der Waals surface area contributed by atoms with Gasteiger partial charge in [0.2, 0.25) is 0 Å². The number of benzene rings is 2. The van der Waals surface area contributed by atoms with E-state index >= 15 is 0 Å². The third-order valence-electron chi connectivity index (χ3n) is 3.02. The smallest absolute Gasteiger partial charge is 0.150 e. The number of carbonyl (C=O) groups excluding carboxylic acids is 1. The van der Waals surface area contributed by atoms with E-state index in [1.165, 1.54) is 0 Å². The molecule has 0 bridgehead atoms. The number of aldehydes is 1. The summed E-state index contributed by atoms with van der Waals surface area (Å²) in [7, 11) is 0. The normalized spacial score (nSPS) is 10.2. The summed E-state index contributed by atoms with van der Waals surface area (Å²) in [5, 5.41) is 0.768. The predicted octanol–water partition coefficient (Wildman–Crippen LogP) is 4.23. The fourth-order valence-corrected chi connectivity index (χ4v) is 2.10. The van der Waals surface area contributed by atoms with Crippen LogP contribution in [0.15, 0.2) is 36.4 Å². The van der Waals surface area contributed by atoms with Crippen molar-refractivity contribution in [2.24, 2.45) is 0 Å². The van der Waals surface area contributed by atoms with Crippen LogP contribution in [-0.4, -0.2) is 19.5 Å². The van der Waals surface area contributed by atoms with Crippen molar-refractivity contribution in [3.8, 4) is 11.5 Å². The van der Waals surface area contributed by atoms with Gasteiger partial charge in [0.05, 0.1) is 0 Å². The molecule has 21 heavy (non-hydrogen) atoms. The Morgan fingerprint density at radius 2 is 1.62 bits per heavy atom. The van der Waals surface area contributed by atoms with Gasteiger partial charge in [-0.05, 0) is 49.2 Å². The molecule has 4 heteroatoms. The average Bonchev–Trinajstić information content (AvgIpc) is 2.49. The Balaban J connectivity index is 1.86. The number of aryl methyl sites for hydroxylation is 2. The standard InChI is InChI=1S/C17H17ClO3/c1-12-8-16(9-13(2)17(12)18)21-7-6-20-15-5-3-4-14(10-15)11-19/h3-5,8-11H,6-7H2,1-2H3. The van der Waals surface area contributed by atoms with Gasteiger partial charge in [0.1, 0.15) is 31.0 Å². The molecule has 0 heterocycles. The number of hydrogen-bond donors (Lipinski definition) is 0. The van der Waals surface area contributed by atoms with Gasteiger partial charge in [0.25, 0.3) is 0 Å². The quantitative estimate of drug-likeness (QED) is 0.592. The van der Waals surface area contributed by atoms with Crippen LogP contribution in [0.2, 0.25) is 5.02 Å². The molecule has 0 aliphatic carbocycles. The molecule has 0 spiro atoms. The number of carbonyl (C=O) groups is 1. The molecule has 3 nitrogen and oxygen atoms in total. The molecule has 0 radical (unpaired) electrons. The van der Waals surface area contributed by atoms with Crippen molar-refractivity contribution >= 4 is 17.9 Å². The Kier molecular flexibility index (Phi) is 5.23. The second-order valence-electron chi connectivity index (χ2n) is 4.76. The second-order valence-corrected chi connectivity index (χ2v) is 5.14. The van der Waals surface area contributed by atoms with Gasteiger partial charge in [-0.2, -0.15) is 0 Å². The topological polar surface area (TPSA) is 35.5 Å². The highest BCUT2D eigenvalue weighted by molar-refractivity contribution is 6.32. The van der Waals surface area contributed by atoms with Crippen molar-refractivity contribution in [1.29, 1.82) is 0 Å². The second kappa shape index (κ2) is 7.14. The minimum atomic E-state index is 0.406. The molecule has 2 rings (SSSR count).